The van der Waals surface area contributed by atoms with Crippen molar-refractivity contribution in [3.63, 3.8) is 0 Å². The molecule has 0 radical (unpaired) electrons. The molecular weight excluding hydrogens is 332 g/mol. The number of unbranched alkanes of at least 4 members (excludes halogenated alkanes) is 9. The van der Waals surface area contributed by atoms with Gasteiger partial charge in [0.2, 0.25) is 0 Å². The van der Waals surface area contributed by atoms with E-state index in [9.17, 15) is 0 Å². The number of nitrogens with zero attached hydrogens (tertiary/aromatic N) is 2. The number of rotatable bonds is 13. The summed E-state index contributed by atoms with van der Waals surface area (Å²) in [5.74, 6) is 0.867. The van der Waals surface area contributed by atoms with Crippen molar-refractivity contribution in [2.45, 2.75) is 71.1 Å². The van der Waals surface area contributed by atoms with Gasteiger partial charge < -0.3 is 4.74 Å². The summed E-state index contributed by atoms with van der Waals surface area (Å²) in [6.45, 7) is 3.08. The van der Waals surface area contributed by atoms with Crippen LogP contribution in [0.3, 0.4) is 0 Å². The lowest BCUT2D eigenvalue weighted by Crippen LogP contribution is -1.85. The predicted molar refractivity (Wildman–Crippen MR) is 117 cm³/mol. The van der Waals surface area contributed by atoms with Crippen molar-refractivity contribution in [2.75, 3.05) is 13.7 Å². The molecule has 0 unspecified atom stereocenters. The number of ether oxygens (including phenoxy) is 1. The Hall–Kier alpha value is -2.12. The van der Waals surface area contributed by atoms with Gasteiger partial charge in [-0.05, 0) is 18.6 Å². The average Bonchev–Trinajstić information content (AvgIpc) is 2.71. The van der Waals surface area contributed by atoms with Gasteiger partial charge in [0, 0.05) is 17.3 Å². The van der Waals surface area contributed by atoms with Crippen molar-refractivity contribution in [1.82, 2.24) is 0 Å². The van der Waals surface area contributed by atoms with E-state index in [2.05, 4.69) is 29.0 Å². The third-order valence-corrected chi connectivity index (χ3v) is 4.95. The van der Waals surface area contributed by atoms with Gasteiger partial charge in [0.05, 0.1) is 18.8 Å². The van der Waals surface area contributed by atoms with E-state index in [1.165, 1.54) is 57.8 Å². The van der Waals surface area contributed by atoms with Gasteiger partial charge in [0.1, 0.15) is 5.75 Å². The lowest BCUT2D eigenvalue weighted by molar-refractivity contribution is 0.420. The maximum Gasteiger partial charge on any atom is 0.126 e. The maximum atomic E-state index is 5.42. The van der Waals surface area contributed by atoms with E-state index in [0.29, 0.717) is 0 Å². The van der Waals surface area contributed by atoms with Crippen molar-refractivity contribution in [3.05, 3.63) is 36.4 Å². The molecular formula is C24H34N2O. The van der Waals surface area contributed by atoms with Crippen LogP contribution in [0.1, 0.15) is 71.1 Å². The van der Waals surface area contributed by atoms with Gasteiger partial charge in [0.15, 0.2) is 0 Å². The molecule has 0 aliphatic heterocycles. The summed E-state index contributed by atoms with van der Waals surface area (Å²) in [6, 6.07) is 14.9. The molecule has 0 saturated heterocycles. The zero-order valence-electron chi connectivity index (χ0n) is 17.0. The lowest BCUT2D eigenvalue weighted by Gasteiger charge is -2.06. The second kappa shape index (κ2) is 13.1. The third kappa shape index (κ3) is 7.56. The van der Waals surface area contributed by atoms with E-state index in [1.54, 1.807) is 7.11 Å². The molecule has 2 aromatic rings. The van der Waals surface area contributed by atoms with E-state index in [4.69, 9.17) is 4.74 Å². The van der Waals surface area contributed by atoms with Crippen molar-refractivity contribution >= 4 is 22.5 Å². The summed E-state index contributed by atoms with van der Waals surface area (Å²) in [5.41, 5.74) is 0.887. The molecule has 0 saturated carbocycles. The van der Waals surface area contributed by atoms with Crippen LogP contribution in [0, 0.1) is 0 Å². The SMILES string of the molecule is CCCCCCCCCCCCN=C=Nc1ccc(OC)c2ccccc12. The van der Waals surface area contributed by atoms with Crippen molar-refractivity contribution in [2.24, 2.45) is 9.98 Å². The number of hydrogen-bond donors (Lipinski definition) is 0. The molecule has 0 aliphatic rings. The normalized spacial score (nSPS) is 10.6. The number of benzene rings is 2. The van der Waals surface area contributed by atoms with Crippen LogP contribution in [0.2, 0.25) is 0 Å². The van der Waals surface area contributed by atoms with Crippen LogP contribution >= 0.6 is 0 Å². The Morgan fingerprint density at radius 2 is 1.41 bits per heavy atom. The third-order valence-electron chi connectivity index (χ3n) is 4.95. The minimum Gasteiger partial charge on any atom is -0.496 e. The van der Waals surface area contributed by atoms with Crippen molar-refractivity contribution < 1.29 is 4.74 Å². The number of aliphatic imine (C=N–C) groups is 2. The molecule has 3 heteroatoms. The van der Waals surface area contributed by atoms with Gasteiger partial charge >= 0.3 is 0 Å². The standard InChI is InChI=1S/C24H34N2O/c1-3-4-5-6-7-8-9-10-11-14-19-25-20-26-23-17-18-24(27-2)22-16-13-12-15-21(22)23/h12-13,15-18H,3-11,14,19H2,1-2H3. The Balaban J connectivity index is 1.68. The molecule has 0 aliphatic carbocycles. The fourth-order valence-corrected chi connectivity index (χ4v) is 3.35. The van der Waals surface area contributed by atoms with Gasteiger partial charge in [-0.1, -0.05) is 89.0 Å². The summed E-state index contributed by atoms with van der Waals surface area (Å²) in [7, 11) is 1.69. The van der Waals surface area contributed by atoms with Crippen LogP contribution in [0.25, 0.3) is 10.8 Å². The highest BCUT2D eigenvalue weighted by Crippen LogP contribution is 2.32. The van der Waals surface area contributed by atoms with E-state index >= 15 is 0 Å². The average molecular weight is 367 g/mol. The second-order valence-corrected chi connectivity index (χ2v) is 7.11. The lowest BCUT2D eigenvalue weighted by atomic mass is 10.1. The molecule has 0 spiro atoms. The molecule has 0 amide bonds. The highest BCUT2D eigenvalue weighted by atomic mass is 16.5. The topological polar surface area (TPSA) is 34.0 Å². The quantitative estimate of drug-likeness (QED) is 0.266. The fourth-order valence-electron chi connectivity index (χ4n) is 3.35. The minimum absolute atomic E-state index is 0.814. The smallest absolute Gasteiger partial charge is 0.126 e. The van der Waals surface area contributed by atoms with E-state index in [0.717, 1.165) is 35.2 Å². The first kappa shape index (κ1) is 21.2. The van der Waals surface area contributed by atoms with E-state index < -0.39 is 0 Å². The Bertz CT molecular complexity index is 732. The summed E-state index contributed by atoms with van der Waals surface area (Å²) in [4.78, 5) is 8.76. The second-order valence-electron chi connectivity index (χ2n) is 7.11. The van der Waals surface area contributed by atoms with E-state index in [1.807, 2.05) is 30.3 Å². The van der Waals surface area contributed by atoms with Gasteiger partial charge in [-0.3, -0.25) is 0 Å². The Morgan fingerprint density at radius 3 is 2.07 bits per heavy atom. The largest absolute Gasteiger partial charge is 0.496 e. The maximum absolute atomic E-state index is 5.42. The first-order valence-corrected chi connectivity index (χ1v) is 10.5. The first-order valence-electron chi connectivity index (χ1n) is 10.5. The highest BCUT2D eigenvalue weighted by Gasteiger charge is 2.04. The molecule has 27 heavy (non-hydrogen) atoms. The monoisotopic (exact) mass is 366 g/mol. The summed E-state index contributed by atoms with van der Waals surface area (Å²) in [5, 5.41) is 2.14. The molecule has 0 atom stereocenters. The van der Waals surface area contributed by atoms with Crippen molar-refractivity contribution in [3.8, 4) is 5.75 Å². The minimum atomic E-state index is 0.814. The zero-order valence-corrected chi connectivity index (χ0v) is 17.0. The van der Waals surface area contributed by atoms with Crippen LogP contribution in [-0.4, -0.2) is 19.7 Å². The highest BCUT2D eigenvalue weighted by molar-refractivity contribution is 5.97. The van der Waals surface area contributed by atoms with Gasteiger partial charge in [0.25, 0.3) is 0 Å². The molecule has 146 valence electrons. The first-order chi connectivity index (χ1) is 13.4. The van der Waals surface area contributed by atoms with E-state index in [-0.39, 0.29) is 0 Å². The molecule has 2 aromatic carbocycles. The number of fused-ring (bicyclic) bond motifs is 1. The summed E-state index contributed by atoms with van der Waals surface area (Å²) in [6.07, 6.45) is 13.4. The predicted octanol–water partition coefficient (Wildman–Crippen LogP) is 7.57. The Kier molecular flexibility index (Phi) is 10.3. The number of hydrogen-bond acceptors (Lipinski definition) is 3. The molecule has 0 heterocycles. The molecule has 0 fully saturated rings. The van der Waals surface area contributed by atoms with Crippen LogP contribution < -0.4 is 4.74 Å². The van der Waals surface area contributed by atoms with Crippen LogP contribution in [0.15, 0.2) is 46.4 Å². The van der Waals surface area contributed by atoms with Crippen LogP contribution in [0.5, 0.6) is 5.75 Å². The van der Waals surface area contributed by atoms with Gasteiger partial charge in [-0.15, -0.1) is 0 Å². The van der Waals surface area contributed by atoms with Crippen molar-refractivity contribution in [1.29, 1.82) is 0 Å². The summed E-state index contributed by atoms with van der Waals surface area (Å²) >= 11 is 0. The molecule has 3 nitrogen and oxygen atoms in total. The van der Waals surface area contributed by atoms with Crippen LogP contribution in [0.4, 0.5) is 5.69 Å². The van der Waals surface area contributed by atoms with Crippen LogP contribution in [-0.2, 0) is 0 Å². The Morgan fingerprint density at radius 1 is 0.778 bits per heavy atom. The molecule has 2 rings (SSSR count). The molecule has 0 aromatic heterocycles. The number of methoxy groups -OCH3 is 1. The fraction of sp³-hybridized carbons (Fsp3) is 0.542. The molecule has 0 bridgehead atoms. The summed E-state index contributed by atoms with van der Waals surface area (Å²) < 4.78 is 5.42. The zero-order chi connectivity index (χ0) is 19.2. The van der Waals surface area contributed by atoms with Gasteiger partial charge in [-0.2, -0.15) is 4.99 Å². The Labute approximate surface area is 164 Å². The molecule has 0 N–H and O–H groups in total. The van der Waals surface area contributed by atoms with Gasteiger partial charge in [-0.25, -0.2) is 4.99 Å².